The molecule has 0 bridgehead atoms. The van der Waals surface area contributed by atoms with Crippen molar-refractivity contribution in [1.29, 1.82) is 0 Å². The molecule has 1 N–H and O–H groups in total. The zero-order valence-corrected chi connectivity index (χ0v) is 15.0. The first-order valence-electron chi connectivity index (χ1n) is 8.53. The third-order valence-corrected chi connectivity index (χ3v) is 5.59. The molecule has 1 aromatic carbocycles. The van der Waals surface area contributed by atoms with Gasteiger partial charge in [-0.05, 0) is 62.8 Å². The number of hydrogen-bond donors (Lipinski definition) is 1. The average molecular weight is 346 g/mol. The largest absolute Gasteiger partial charge is 0.353 e. The maximum absolute atomic E-state index is 13.1. The van der Waals surface area contributed by atoms with Crippen LogP contribution in [0.1, 0.15) is 42.5 Å². The molecule has 1 amide bonds. The van der Waals surface area contributed by atoms with Crippen LogP contribution >= 0.6 is 11.3 Å². The van der Waals surface area contributed by atoms with E-state index in [0.717, 1.165) is 39.9 Å². The van der Waals surface area contributed by atoms with E-state index in [2.05, 4.69) is 17.2 Å². The fourth-order valence-electron chi connectivity index (χ4n) is 3.25. The van der Waals surface area contributed by atoms with Crippen LogP contribution in [-0.4, -0.2) is 16.9 Å². The van der Waals surface area contributed by atoms with E-state index in [-0.39, 0.29) is 11.7 Å². The molecule has 1 heterocycles. The molecule has 0 aliphatic heterocycles. The summed E-state index contributed by atoms with van der Waals surface area (Å²) in [4.78, 5) is 17.9. The number of aryl methyl sites for hydroxylation is 1. The number of benzene rings is 1. The van der Waals surface area contributed by atoms with Gasteiger partial charge in [-0.15, -0.1) is 11.3 Å². The summed E-state index contributed by atoms with van der Waals surface area (Å²) in [6.07, 6.45) is 4.85. The summed E-state index contributed by atoms with van der Waals surface area (Å²) in [6, 6.07) is 6.59. The van der Waals surface area contributed by atoms with E-state index in [1.807, 2.05) is 6.92 Å². The standard InChI is InChI=1S/C19H23FN2OS/c1-12-3-9-16(10-4-12)22-18(23)11-17-19(21-13(2)24-17)14-5-7-15(20)8-6-14/h5-8,12,16H,3-4,9-11H2,1-2H3,(H,22,23). The van der Waals surface area contributed by atoms with E-state index in [4.69, 9.17) is 0 Å². The van der Waals surface area contributed by atoms with Crippen LogP contribution in [0.15, 0.2) is 24.3 Å². The van der Waals surface area contributed by atoms with Crippen molar-refractivity contribution in [2.24, 2.45) is 5.92 Å². The van der Waals surface area contributed by atoms with Crippen molar-refractivity contribution in [3.63, 3.8) is 0 Å². The fraction of sp³-hybridized carbons (Fsp3) is 0.474. The number of nitrogens with one attached hydrogen (secondary N) is 1. The summed E-state index contributed by atoms with van der Waals surface area (Å²) in [5.74, 6) is 0.561. The van der Waals surface area contributed by atoms with Crippen LogP contribution in [-0.2, 0) is 11.2 Å². The highest BCUT2D eigenvalue weighted by atomic mass is 32.1. The van der Waals surface area contributed by atoms with E-state index in [1.165, 1.54) is 36.3 Å². The minimum atomic E-state index is -0.267. The molecule has 0 unspecified atom stereocenters. The van der Waals surface area contributed by atoms with Gasteiger partial charge in [0, 0.05) is 16.5 Å². The van der Waals surface area contributed by atoms with Gasteiger partial charge in [-0.2, -0.15) is 0 Å². The third kappa shape index (κ3) is 4.20. The SMILES string of the molecule is Cc1nc(-c2ccc(F)cc2)c(CC(=O)NC2CCC(C)CC2)s1. The maximum Gasteiger partial charge on any atom is 0.225 e. The Labute approximate surface area is 146 Å². The Balaban J connectivity index is 1.68. The fourth-order valence-corrected chi connectivity index (χ4v) is 4.21. The summed E-state index contributed by atoms with van der Waals surface area (Å²) in [7, 11) is 0. The molecule has 0 saturated heterocycles. The van der Waals surface area contributed by atoms with Crippen LogP contribution < -0.4 is 5.32 Å². The predicted octanol–water partition coefficient (Wildman–Crippen LogP) is 4.50. The van der Waals surface area contributed by atoms with Gasteiger partial charge in [0.2, 0.25) is 5.91 Å². The number of rotatable bonds is 4. The van der Waals surface area contributed by atoms with Crippen LogP contribution in [0.4, 0.5) is 4.39 Å². The number of nitrogens with zero attached hydrogens (tertiary/aromatic N) is 1. The van der Waals surface area contributed by atoms with Crippen molar-refractivity contribution in [2.45, 2.75) is 52.0 Å². The molecule has 128 valence electrons. The van der Waals surface area contributed by atoms with Crippen molar-refractivity contribution in [3.05, 3.63) is 40.0 Å². The second-order valence-electron chi connectivity index (χ2n) is 6.71. The lowest BCUT2D eigenvalue weighted by molar-refractivity contribution is -0.121. The molecule has 24 heavy (non-hydrogen) atoms. The van der Waals surface area contributed by atoms with E-state index < -0.39 is 0 Å². The minimum Gasteiger partial charge on any atom is -0.353 e. The smallest absolute Gasteiger partial charge is 0.225 e. The highest BCUT2D eigenvalue weighted by Crippen LogP contribution is 2.29. The molecule has 2 aromatic rings. The van der Waals surface area contributed by atoms with Crippen LogP contribution in [0, 0.1) is 18.7 Å². The molecular weight excluding hydrogens is 323 g/mol. The lowest BCUT2D eigenvalue weighted by Gasteiger charge is -2.26. The van der Waals surface area contributed by atoms with Crippen LogP contribution in [0.25, 0.3) is 11.3 Å². The van der Waals surface area contributed by atoms with Gasteiger partial charge < -0.3 is 5.32 Å². The van der Waals surface area contributed by atoms with Crippen molar-refractivity contribution in [1.82, 2.24) is 10.3 Å². The van der Waals surface area contributed by atoms with Gasteiger partial charge >= 0.3 is 0 Å². The van der Waals surface area contributed by atoms with Crippen LogP contribution in [0.5, 0.6) is 0 Å². The van der Waals surface area contributed by atoms with Crippen LogP contribution in [0.3, 0.4) is 0 Å². The Hall–Kier alpha value is -1.75. The average Bonchev–Trinajstić information content (AvgIpc) is 2.90. The van der Waals surface area contributed by atoms with E-state index in [9.17, 15) is 9.18 Å². The first-order valence-corrected chi connectivity index (χ1v) is 9.34. The number of aromatic nitrogens is 1. The molecule has 0 spiro atoms. The number of carbonyl (C=O) groups is 1. The molecule has 5 heteroatoms. The third-order valence-electron chi connectivity index (χ3n) is 4.62. The lowest BCUT2D eigenvalue weighted by atomic mass is 9.87. The molecule has 1 fully saturated rings. The van der Waals surface area contributed by atoms with Gasteiger partial charge in [0.05, 0.1) is 17.1 Å². The van der Waals surface area contributed by atoms with Gasteiger partial charge in [0.15, 0.2) is 0 Å². The van der Waals surface area contributed by atoms with Crippen molar-refractivity contribution >= 4 is 17.2 Å². The van der Waals surface area contributed by atoms with Crippen molar-refractivity contribution in [2.75, 3.05) is 0 Å². The van der Waals surface area contributed by atoms with Gasteiger partial charge in [0.25, 0.3) is 0 Å². The molecule has 1 aromatic heterocycles. The molecular formula is C19H23FN2OS. The molecule has 3 nitrogen and oxygen atoms in total. The predicted molar refractivity (Wildman–Crippen MR) is 95.5 cm³/mol. The molecule has 3 rings (SSSR count). The minimum absolute atomic E-state index is 0.0570. The number of thiazole rings is 1. The zero-order valence-electron chi connectivity index (χ0n) is 14.1. The Kier molecular flexibility index (Phi) is 5.29. The molecule has 1 aliphatic rings. The van der Waals surface area contributed by atoms with Gasteiger partial charge in [-0.1, -0.05) is 6.92 Å². The summed E-state index contributed by atoms with van der Waals surface area (Å²) >= 11 is 1.54. The quantitative estimate of drug-likeness (QED) is 0.886. The highest BCUT2D eigenvalue weighted by Gasteiger charge is 2.21. The molecule has 0 atom stereocenters. The Morgan fingerprint density at radius 2 is 1.92 bits per heavy atom. The Bertz CT molecular complexity index is 703. The summed E-state index contributed by atoms with van der Waals surface area (Å²) in [6.45, 7) is 4.20. The first-order chi connectivity index (χ1) is 11.5. The summed E-state index contributed by atoms with van der Waals surface area (Å²) < 4.78 is 13.1. The van der Waals surface area contributed by atoms with Crippen molar-refractivity contribution < 1.29 is 9.18 Å². The number of hydrogen-bond acceptors (Lipinski definition) is 3. The molecule has 1 aliphatic carbocycles. The summed E-state index contributed by atoms with van der Waals surface area (Å²) in [5, 5.41) is 4.08. The molecule has 0 radical (unpaired) electrons. The summed E-state index contributed by atoms with van der Waals surface area (Å²) in [5.41, 5.74) is 1.65. The number of amides is 1. The molecule has 1 saturated carbocycles. The van der Waals surface area contributed by atoms with Gasteiger partial charge in [0.1, 0.15) is 5.82 Å². The van der Waals surface area contributed by atoms with Gasteiger partial charge in [-0.3, -0.25) is 4.79 Å². The second kappa shape index (κ2) is 7.43. The van der Waals surface area contributed by atoms with E-state index in [1.54, 1.807) is 12.1 Å². The van der Waals surface area contributed by atoms with E-state index >= 15 is 0 Å². The normalized spacial score (nSPS) is 20.8. The van der Waals surface area contributed by atoms with Gasteiger partial charge in [-0.25, -0.2) is 9.37 Å². The maximum atomic E-state index is 13.1. The van der Waals surface area contributed by atoms with Crippen molar-refractivity contribution in [3.8, 4) is 11.3 Å². The monoisotopic (exact) mass is 346 g/mol. The number of carbonyl (C=O) groups excluding carboxylic acids is 1. The lowest BCUT2D eigenvalue weighted by Crippen LogP contribution is -2.38. The Morgan fingerprint density at radius 3 is 2.58 bits per heavy atom. The van der Waals surface area contributed by atoms with E-state index in [0.29, 0.717) is 12.5 Å². The second-order valence-corrected chi connectivity index (χ2v) is 8.00. The van der Waals surface area contributed by atoms with Crippen LogP contribution in [0.2, 0.25) is 0 Å². The Morgan fingerprint density at radius 1 is 1.25 bits per heavy atom. The topological polar surface area (TPSA) is 42.0 Å². The highest BCUT2D eigenvalue weighted by molar-refractivity contribution is 7.12. The number of halogens is 1. The first kappa shape index (κ1) is 17.1. The zero-order chi connectivity index (χ0) is 17.1.